The van der Waals surface area contributed by atoms with Crippen LogP contribution >= 0.6 is 7.82 Å². The first-order chi connectivity index (χ1) is 19.0. The monoisotopic (exact) mass is 638 g/mol. The SMILES string of the molecule is CCCC(OP(=O)(OC(CCC)C(CC)C(F)(F)CF)OC(CCC)C(CC)C(F)(F)CF)C(CC)C(F)(F)CF. The van der Waals surface area contributed by atoms with Crippen LogP contribution in [0.3, 0.4) is 0 Å². The van der Waals surface area contributed by atoms with Gasteiger partial charge < -0.3 is 0 Å². The van der Waals surface area contributed by atoms with Crippen molar-refractivity contribution in [1.29, 1.82) is 0 Å². The largest absolute Gasteiger partial charge is 0.475 e. The number of halogens is 9. The van der Waals surface area contributed by atoms with E-state index in [1.165, 1.54) is 20.8 Å². The van der Waals surface area contributed by atoms with Gasteiger partial charge in [-0.1, -0.05) is 60.8 Å². The van der Waals surface area contributed by atoms with Gasteiger partial charge in [0.25, 0.3) is 17.8 Å². The lowest BCUT2D eigenvalue weighted by atomic mass is 9.90. The van der Waals surface area contributed by atoms with E-state index in [1.54, 1.807) is 20.8 Å². The summed E-state index contributed by atoms with van der Waals surface area (Å²) in [5, 5.41) is 0. The average molecular weight is 639 g/mol. The Kier molecular flexibility index (Phi) is 18.1. The average Bonchev–Trinajstić information content (AvgIpc) is 2.89. The number of alkyl halides is 9. The third-order valence-corrected chi connectivity index (χ3v) is 8.93. The summed E-state index contributed by atoms with van der Waals surface area (Å²) in [6.07, 6.45) is -6.22. The molecule has 248 valence electrons. The first kappa shape index (κ1) is 40.5. The zero-order chi connectivity index (χ0) is 32.1. The molecule has 0 amide bonds. The van der Waals surface area contributed by atoms with Gasteiger partial charge in [0, 0.05) is 0 Å². The van der Waals surface area contributed by atoms with Crippen LogP contribution < -0.4 is 0 Å². The second kappa shape index (κ2) is 18.3. The number of phosphoric ester groups is 1. The minimum absolute atomic E-state index is 0.176. The molecule has 0 saturated carbocycles. The van der Waals surface area contributed by atoms with Crippen LogP contribution in [-0.2, 0) is 18.1 Å². The molecular weight excluding hydrogens is 590 g/mol. The molecule has 0 aliphatic carbocycles. The van der Waals surface area contributed by atoms with Crippen molar-refractivity contribution in [3.05, 3.63) is 0 Å². The van der Waals surface area contributed by atoms with Crippen LogP contribution in [0.4, 0.5) is 39.5 Å². The van der Waals surface area contributed by atoms with Crippen LogP contribution in [0.1, 0.15) is 99.3 Å². The van der Waals surface area contributed by atoms with E-state index in [-0.39, 0.29) is 57.8 Å². The Morgan fingerprint density at radius 1 is 0.512 bits per heavy atom. The number of rotatable bonds is 24. The minimum atomic E-state index is -5.29. The summed E-state index contributed by atoms with van der Waals surface area (Å²) in [5.41, 5.74) is 0. The Labute approximate surface area is 239 Å². The van der Waals surface area contributed by atoms with E-state index in [4.69, 9.17) is 13.6 Å². The zero-order valence-corrected chi connectivity index (χ0v) is 25.8. The highest BCUT2D eigenvalue weighted by molar-refractivity contribution is 7.48. The van der Waals surface area contributed by atoms with Crippen LogP contribution in [0.25, 0.3) is 0 Å². The van der Waals surface area contributed by atoms with Crippen LogP contribution in [0.5, 0.6) is 0 Å². The van der Waals surface area contributed by atoms with Gasteiger partial charge in [-0.2, -0.15) is 0 Å². The maximum absolute atomic E-state index is 14.6. The summed E-state index contributed by atoms with van der Waals surface area (Å²) >= 11 is 0. The second-order valence-corrected chi connectivity index (χ2v) is 12.0. The van der Waals surface area contributed by atoms with E-state index in [2.05, 4.69) is 0 Å². The van der Waals surface area contributed by atoms with E-state index >= 15 is 0 Å². The zero-order valence-electron chi connectivity index (χ0n) is 24.9. The van der Waals surface area contributed by atoms with Crippen molar-refractivity contribution in [2.24, 2.45) is 17.8 Å². The molecular formula is C27H48F9O4P. The molecule has 0 aromatic heterocycles. The Bertz CT molecular complexity index is 665. The normalized spacial score (nSPS) is 19.3. The fraction of sp³-hybridized carbons (Fsp3) is 1.00. The molecule has 0 fully saturated rings. The second-order valence-electron chi connectivity index (χ2n) is 10.5. The van der Waals surface area contributed by atoms with Crippen molar-refractivity contribution in [2.75, 3.05) is 20.0 Å². The van der Waals surface area contributed by atoms with Crippen molar-refractivity contribution >= 4 is 7.82 Å². The maximum Gasteiger partial charge on any atom is 0.475 e. The van der Waals surface area contributed by atoms with Gasteiger partial charge in [-0.25, -0.2) is 44.1 Å². The molecule has 14 heteroatoms. The Morgan fingerprint density at radius 3 is 0.878 bits per heavy atom. The molecule has 6 atom stereocenters. The first-order valence-electron chi connectivity index (χ1n) is 14.5. The summed E-state index contributed by atoms with van der Waals surface area (Å²) in [6, 6.07) is 0. The van der Waals surface area contributed by atoms with Crippen molar-refractivity contribution in [2.45, 2.75) is 135 Å². The van der Waals surface area contributed by atoms with Crippen LogP contribution in [0.2, 0.25) is 0 Å². The summed E-state index contributed by atoms with van der Waals surface area (Å²) in [6.45, 7) is 2.47. The molecule has 0 radical (unpaired) electrons. The molecule has 0 aromatic rings. The van der Waals surface area contributed by atoms with Crippen LogP contribution in [-0.4, -0.2) is 56.1 Å². The number of phosphoric acid groups is 1. The van der Waals surface area contributed by atoms with Crippen LogP contribution in [0.15, 0.2) is 0 Å². The van der Waals surface area contributed by atoms with Crippen molar-refractivity contribution in [3.63, 3.8) is 0 Å². The molecule has 0 bridgehead atoms. The Morgan fingerprint density at radius 2 is 0.732 bits per heavy atom. The Balaban J connectivity index is 7.01. The molecule has 0 aliphatic rings. The summed E-state index contributed by atoms with van der Waals surface area (Å²) in [4.78, 5) is 0. The molecule has 0 rings (SSSR count). The van der Waals surface area contributed by atoms with Gasteiger partial charge in [0.15, 0.2) is 20.0 Å². The molecule has 6 unspecified atom stereocenters. The lowest BCUT2D eigenvalue weighted by molar-refractivity contribution is -0.142. The number of hydrogen-bond donors (Lipinski definition) is 0. The predicted octanol–water partition coefficient (Wildman–Crippen LogP) is 10.5. The van der Waals surface area contributed by atoms with E-state index in [0.29, 0.717) is 0 Å². The minimum Gasteiger partial charge on any atom is -0.283 e. The molecule has 0 aromatic carbocycles. The van der Waals surface area contributed by atoms with E-state index in [1.807, 2.05) is 0 Å². The van der Waals surface area contributed by atoms with Gasteiger partial charge in [0.2, 0.25) is 0 Å². The van der Waals surface area contributed by atoms with E-state index in [9.17, 15) is 44.1 Å². The highest BCUT2D eigenvalue weighted by Crippen LogP contribution is 2.58. The van der Waals surface area contributed by atoms with Gasteiger partial charge >= 0.3 is 7.82 Å². The van der Waals surface area contributed by atoms with Gasteiger partial charge in [-0.15, -0.1) is 0 Å². The summed E-state index contributed by atoms with van der Waals surface area (Å²) in [5.74, 6) is -17.4. The van der Waals surface area contributed by atoms with Crippen molar-refractivity contribution < 1.29 is 57.7 Å². The summed E-state index contributed by atoms with van der Waals surface area (Å²) in [7, 11) is -5.29. The van der Waals surface area contributed by atoms with Gasteiger partial charge in [0.1, 0.15) is 0 Å². The molecule has 0 heterocycles. The standard InChI is InChI=1S/C27H48F9O4P/c1-7-13-22(19(10-4)25(31,32)16-28)38-41(37,39-23(14-8-2)20(11-5)26(33,34)17-29)40-24(15-9-3)21(12-6)27(35,36)18-30/h19-24H,7-18H2,1-6H3. The molecule has 0 spiro atoms. The first-order valence-corrected chi connectivity index (χ1v) is 16.0. The molecule has 41 heavy (non-hydrogen) atoms. The third-order valence-electron chi connectivity index (χ3n) is 7.34. The number of hydrogen-bond acceptors (Lipinski definition) is 4. The van der Waals surface area contributed by atoms with E-state index < -0.39 is 81.7 Å². The van der Waals surface area contributed by atoms with Gasteiger partial charge in [-0.3, -0.25) is 13.6 Å². The van der Waals surface area contributed by atoms with Crippen molar-refractivity contribution in [1.82, 2.24) is 0 Å². The fourth-order valence-electron chi connectivity index (χ4n) is 5.21. The van der Waals surface area contributed by atoms with E-state index in [0.717, 1.165) is 0 Å². The third kappa shape index (κ3) is 11.8. The highest BCUT2D eigenvalue weighted by Gasteiger charge is 2.52. The van der Waals surface area contributed by atoms with Gasteiger partial charge in [-0.05, 0) is 38.5 Å². The topological polar surface area (TPSA) is 44.8 Å². The fourth-order valence-corrected chi connectivity index (χ4v) is 7.11. The lowest BCUT2D eigenvalue weighted by Gasteiger charge is -2.39. The Hall–Kier alpha value is -0.520. The van der Waals surface area contributed by atoms with Crippen molar-refractivity contribution in [3.8, 4) is 0 Å². The highest BCUT2D eigenvalue weighted by atomic mass is 31.2. The lowest BCUT2D eigenvalue weighted by Crippen LogP contribution is -2.43. The molecule has 0 saturated heterocycles. The molecule has 0 N–H and O–H groups in total. The smallest absolute Gasteiger partial charge is 0.283 e. The van der Waals surface area contributed by atoms with Crippen LogP contribution in [0, 0.1) is 17.8 Å². The van der Waals surface area contributed by atoms with Gasteiger partial charge in [0.05, 0.1) is 36.1 Å². The predicted molar refractivity (Wildman–Crippen MR) is 141 cm³/mol. The quantitative estimate of drug-likeness (QED) is 0.0780. The summed E-state index contributed by atoms with van der Waals surface area (Å²) < 4.78 is 158. The molecule has 4 nitrogen and oxygen atoms in total. The molecule has 0 aliphatic heterocycles. The maximum atomic E-state index is 14.6.